The molecular formula is C25H22N5+. The summed E-state index contributed by atoms with van der Waals surface area (Å²) in [4.78, 5) is 1.27. The number of quaternary nitrogens is 1. The minimum Gasteiger partial charge on any atom is -0.334 e. The van der Waals surface area contributed by atoms with Crippen molar-refractivity contribution in [3.05, 3.63) is 71.8 Å². The summed E-state index contributed by atoms with van der Waals surface area (Å²) in [5.74, 6) is -1.41. The van der Waals surface area contributed by atoms with Gasteiger partial charge in [-0.15, -0.1) is 0 Å². The van der Waals surface area contributed by atoms with Crippen molar-refractivity contribution in [3.8, 4) is 29.3 Å². The molecule has 30 heavy (non-hydrogen) atoms. The number of hydrogen-bond donors (Lipinski definition) is 2. The number of likely N-dealkylation sites (N-methyl/N-ethyl adjacent to an activating group) is 1. The van der Waals surface area contributed by atoms with Crippen molar-refractivity contribution < 1.29 is 4.90 Å². The smallest absolute Gasteiger partial charge is 0.189 e. The fourth-order valence-corrected chi connectivity index (χ4v) is 4.95. The molecule has 2 aromatic carbocycles. The highest BCUT2D eigenvalue weighted by atomic mass is 15.1. The monoisotopic (exact) mass is 392 g/mol. The molecule has 1 aliphatic carbocycles. The Morgan fingerprint density at radius 3 is 2.20 bits per heavy atom. The van der Waals surface area contributed by atoms with Crippen LogP contribution in [0.4, 0.5) is 0 Å². The van der Waals surface area contributed by atoms with Gasteiger partial charge in [0.2, 0.25) is 0 Å². The minimum absolute atomic E-state index is 0.0887. The van der Waals surface area contributed by atoms with E-state index in [4.69, 9.17) is 5.41 Å². The van der Waals surface area contributed by atoms with Crippen LogP contribution in [-0.2, 0) is 0 Å². The summed E-state index contributed by atoms with van der Waals surface area (Å²) in [5, 5.41) is 38.6. The Bertz CT molecular complexity index is 1110. The third-order valence-electron chi connectivity index (χ3n) is 6.46. The quantitative estimate of drug-likeness (QED) is 0.769. The van der Waals surface area contributed by atoms with Crippen molar-refractivity contribution >= 4 is 5.71 Å². The maximum Gasteiger partial charge on any atom is 0.189 e. The van der Waals surface area contributed by atoms with Gasteiger partial charge in [0, 0.05) is 11.8 Å². The van der Waals surface area contributed by atoms with Gasteiger partial charge in [-0.25, -0.2) is 0 Å². The molecule has 2 aromatic rings. The molecule has 0 bridgehead atoms. The van der Waals surface area contributed by atoms with Gasteiger partial charge in [0.25, 0.3) is 0 Å². The first-order chi connectivity index (χ1) is 14.6. The molecule has 1 heterocycles. The lowest BCUT2D eigenvalue weighted by atomic mass is 9.54. The Labute approximate surface area is 176 Å². The number of fused-ring (bicyclic) bond motifs is 1. The lowest BCUT2D eigenvalue weighted by Crippen LogP contribution is -3.10. The Morgan fingerprint density at radius 1 is 0.967 bits per heavy atom. The van der Waals surface area contributed by atoms with Crippen LogP contribution in [-0.4, -0.2) is 25.8 Å². The fourth-order valence-electron chi connectivity index (χ4n) is 4.95. The van der Waals surface area contributed by atoms with E-state index < -0.39 is 17.3 Å². The lowest BCUT2D eigenvalue weighted by Gasteiger charge is -2.46. The molecule has 4 rings (SSSR count). The standard InChI is InChI=1S/C25H21N5/c1-30-12-11-20-21(13-26)24(29)25(15-27,16-28)23(22(20)14-30)19-9-7-18(8-10-19)17-5-3-2-4-6-17/h2-11,21-23,29H,12,14H2,1H3/p+1/t21?,22-,23+/m1/s1. The van der Waals surface area contributed by atoms with Crippen LogP contribution in [0.1, 0.15) is 11.5 Å². The Balaban J connectivity index is 1.85. The number of nitrogens with zero attached hydrogens (tertiary/aromatic N) is 3. The van der Waals surface area contributed by atoms with Gasteiger partial charge in [0.1, 0.15) is 5.92 Å². The lowest BCUT2D eigenvalue weighted by molar-refractivity contribution is -0.878. The Hall–Kier alpha value is -3.72. The SMILES string of the molecule is C[NH+]1CC=C2C(C#N)C(=N)C(C#N)(C#N)[C@@H](c3ccc(-c4ccccc4)cc3)[C@@H]2C1. The number of nitrogens with one attached hydrogen (secondary N) is 2. The Kier molecular flexibility index (Phi) is 4.96. The van der Waals surface area contributed by atoms with E-state index in [1.165, 1.54) is 4.90 Å². The molecule has 146 valence electrons. The highest BCUT2D eigenvalue weighted by Crippen LogP contribution is 2.52. The molecule has 0 spiro atoms. The van der Waals surface area contributed by atoms with E-state index >= 15 is 0 Å². The summed E-state index contributed by atoms with van der Waals surface area (Å²) >= 11 is 0. The zero-order valence-electron chi connectivity index (χ0n) is 16.8. The maximum atomic E-state index is 10.1. The summed E-state index contributed by atoms with van der Waals surface area (Å²) in [6.45, 7) is 1.51. The molecule has 1 aliphatic heterocycles. The second-order valence-corrected chi connectivity index (χ2v) is 8.15. The van der Waals surface area contributed by atoms with Crippen molar-refractivity contribution in [1.82, 2.24) is 0 Å². The molecule has 0 radical (unpaired) electrons. The van der Waals surface area contributed by atoms with E-state index in [-0.39, 0.29) is 11.6 Å². The van der Waals surface area contributed by atoms with Crippen molar-refractivity contribution in [2.45, 2.75) is 5.92 Å². The number of nitriles is 3. The molecular weight excluding hydrogens is 370 g/mol. The average Bonchev–Trinajstić information content (AvgIpc) is 2.79. The summed E-state index contributed by atoms with van der Waals surface area (Å²) in [5.41, 5.74) is 2.18. The highest BCUT2D eigenvalue weighted by Gasteiger charge is 2.58. The van der Waals surface area contributed by atoms with Crippen LogP contribution >= 0.6 is 0 Å². The van der Waals surface area contributed by atoms with Gasteiger partial charge in [-0.05, 0) is 28.3 Å². The van der Waals surface area contributed by atoms with E-state index in [9.17, 15) is 15.8 Å². The van der Waals surface area contributed by atoms with Gasteiger partial charge < -0.3 is 10.3 Å². The molecule has 5 nitrogen and oxygen atoms in total. The fraction of sp³-hybridized carbons (Fsp3) is 0.280. The van der Waals surface area contributed by atoms with Crippen LogP contribution in [0.5, 0.6) is 0 Å². The van der Waals surface area contributed by atoms with Crippen molar-refractivity contribution in [2.24, 2.45) is 17.3 Å². The first-order valence-electron chi connectivity index (χ1n) is 10.0. The van der Waals surface area contributed by atoms with Gasteiger partial charge >= 0.3 is 0 Å². The average molecular weight is 392 g/mol. The minimum atomic E-state index is -1.64. The van der Waals surface area contributed by atoms with Crippen LogP contribution in [0, 0.1) is 56.7 Å². The van der Waals surface area contributed by atoms with E-state index in [0.717, 1.165) is 35.4 Å². The van der Waals surface area contributed by atoms with Gasteiger partial charge in [-0.1, -0.05) is 54.6 Å². The third-order valence-corrected chi connectivity index (χ3v) is 6.46. The zero-order chi connectivity index (χ0) is 21.3. The summed E-state index contributed by atoms with van der Waals surface area (Å²) in [6.07, 6.45) is 2.04. The van der Waals surface area contributed by atoms with Crippen molar-refractivity contribution in [2.75, 3.05) is 20.1 Å². The van der Waals surface area contributed by atoms with Crippen molar-refractivity contribution in [3.63, 3.8) is 0 Å². The molecule has 4 atom stereocenters. The second kappa shape index (κ2) is 7.60. The number of hydrogen-bond acceptors (Lipinski definition) is 4. The third kappa shape index (κ3) is 2.91. The van der Waals surface area contributed by atoms with Crippen LogP contribution < -0.4 is 4.90 Å². The predicted molar refractivity (Wildman–Crippen MR) is 113 cm³/mol. The van der Waals surface area contributed by atoms with Gasteiger partial charge in [0.15, 0.2) is 5.41 Å². The highest BCUT2D eigenvalue weighted by molar-refractivity contribution is 6.00. The molecule has 2 unspecified atom stereocenters. The van der Waals surface area contributed by atoms with Gasteiger partial charge in [-0.2, -0.15) is 15.8 Å². The summed E-state index contributed by atoms with van der Waals surface area (Å²) < 4.78 is 0. The molecule has 2 N–H and O–H groups in total. The van der Waals surface area contributed by atoms with Crippen LogP contribution in [0.15, 0.2) is 66.2 Å². The first kappa shape index (κ1) is 19.6. The second-order valence-electron chi connectivity index (χ2n) is 8.15. The topological polar surface area (TPSA) is 99.7 Å². The van der Waals surface area contributed by atoms with Gasteiger partial charge in [0.05, 0.1) is 44.1 Å². The number of rotatable bonds is 2. The predicted octanol–water partition coefficient (Wildman–Crippen LogP) is 2.71. The van der Waals surface area contributed by atoms with Crippen LogP contribution in [0.25, 0.3) is 11.1 Å². The molecule has 0 amide bonds. The Morgan fingerprint density at radius 2 is 1.60 bits per heavy atom. The largest absolute Gasteiger partial charge is 0.334 e. The van der Waals surface area contributed by atoms with E-state index in [1.54, 1.807) is 0 Å². The summed E-state index contributed by atoms with van der Waals surface area (Å²) in [6, 6.07) is 24.5. The zero-order valence-corrected chi connectivity index (χ0v) is 16.8. The first-order valence-corrected chi connectivity index (χ1v) is 10.0. The normalized spacial score (nSPS) is 27.0. The van der Waals surface area contributed by atoms with E-state index in [2.05, 4.69) is 25.3 Å². The number of benzene rings is 2. The molecule has 0 aromatic heterocycles. The molecule has 1 fully saturated rings. The molecule has 2 aliphatic rings. The summed E-state index contributed by atoms with van der Waals surface area (Å²) in [7, 11) is 2.07. The van der Waals surface area contributed by atoms with Crippen molar-refractivity contribution in [1.29, 1.82) is 21.2 Å². The van der Waals surface area contributed by atoms with E-state index in [0.29, 0.717) is 0 Å². The molecule has 0 saturated heterocycles. The molecule has 1 saturated carbocycles. The van der Waals surface area contributed by atoms with Gasteiger partial charge in [-0.3, -0.25) is 0 Å². The van der Waals surface area contributed by atoms with Crippen LogP contribution in [0.2, 0.25) is 0 Å². The van der Waals surface area contributed by atoms with Crippen LogP contribution in [0.3, 0.4) is 0 Å². The van der Waals surface area contributed by atoms with E-state index in [1.807, 2.05) is 60.7 Å². The maximum absolute atomic E-state index is 10.1. The molecule has 5 heteroatoms.